The molecular formula is C23H23NO3. The number of aryl methyl sites for hydroxylation is 1. The minimum Gasteiger partial charge on any atom is -0.508 e. The Bertz CT molecular complexity index is 907. The molecule has 0 aromatic heterocycles. The van der Waals surface area contributed by atoms with Crippen LogP contribution in [0.3, 0.4) is 0 Å². The van der Waals surface area contributed by atoms with E-state index in [4.69, 9.17) is 4.74 Å². The number of phenols is 1. The molecule has 0 saturated carbocycles. The van der Waals surface area contributed by atoms with Gasteiger partial charge >= 0.3 is 0 Å². The summed E-state index contributed by atoms with van der Waals surface area (Å²) >= 11 is 0. The van der Waals surface area contributed by atoms with E-state index < -0.39 is 0 Å². The quantitative estimate of drug-likeness (QED) is 0.648. The fourth-order valence-electron chi connectivity index (χ4n) is 3.00. The number of ether oxygens (including phenoxy) is 1. The molecule has 0 heterocycles. The number of rotatable bonds is 7. The summed E-state index contributed by atoms with van der Waals surface area (Å²) in [4.78, 5) is 12.3. The summed E-state index contributed by atoms with van der Waals surface area (Å²) < 4.78 is 5.46. The lowest BCUT2D eigenvalue weighted by molar-refractivity contribution is -0.116. The summed E-state index contributed by atoms with van der Waals surface area (Å²) in [6.45, 7) is 0. The van der Waals surface area contributed by atoms with E-state index >= 15 is 0 Å². The summed E-state index contributed by atoms with van der Waals surface area (Å²) in [6, 6.07) is 22.9. The first-order chi connectivity index (χ1) is 13.2. The predicted molar refractivity (Wildman–Crippen MR) is 107 cm³/mol. The Kier molecular flexibility index (Phi) is 6.10. The van der Waals surface area contributed by atoms with Crippen LogP contribution in [0.1, 0.15) is 23.1 Å². The van der Waals surface area contributed by atoms with Crippen LogP contribution in [0.2, 0.25) is 0 Å². The molecule has 0 aliphatic rings. The molecule has 0 aliphatic heterocycles. The maximum atomic E-state index is 12.3. The third-order valence-electron chi connectivity index (χ3n) is 4.41. The van der Waals surface area contributed by atoms with Gasteiger partial charge in [0.1, 0.15) is 11.5 Å². The molecule has 138 valence electrons. The van der Waals surface area contributed by atoms with Crippen molar-refractivity contribution in [2.45, 2.75) is 19.3 Å². The molecule has 3 aromatic carbocycles. The number of phenolic OH excluding ortho intramolecular Hbond substituents is 1. The number of nitrogens with one attached hydrogen (secondary N) is 1. The number of carbonyl (C=O) groups excluding carboxylic acids is 1. The van der Waals surface area contributed by atoms with E-state index in [1.807, 2.05) is 48.5 Å². The van der Waals surface area contributed by atoms with Crippen molar-refractivity contribution in [2.75, 3.05) is 12.4 Å². The SMILES string of the molecule is COc1ccc(NC(=O)CCc2ccccc2O)cc1Cc1ccccc1. The highest BCUT2D eigenvalue weighted by molar-refractivity contribution is 5.91. The van der Waals surface area contributed by atoms with Crippen molar-refractivity contribution in [3.63, 3.8) is 0 Å². The van der Waals surface area contributed by atoms with Crippen molar-refractivity contribution in [1.82, 2.24) is 0 Å². The number of para-hydroxylation sites is 1. The number of methoxy groups -OCH3 is 1. The molecule has 0 atom stereocenters. The van der Waals surface area contributed by atoms with E-state index in [-0.39, 0.29) is 11.7 Å². The monoisotopic (exact) mass is 361 g/mol. The van der Waals surface area contributed by atoms with Gasteiger partial charge in [-0.2, -0.15) is 0 Å². The Balaban J connectivity index is 1.66. The Morgan fingerprint density at radius 2 is 1.70 bits per heavy atom. The van der Waals surface area contributed by atoms with Crippen LogP contribution in [-0.4, -0.2) is 18.1 Å². The molecule has 0 aliphatic carbocycles. The van der Waals surface area contributed by atoms with E-state index in [9.17, 15) is 9.90 Å². The van der Waals surface area contributed by atoms with Crippen LogP contribution < -0.4 is 10.1 Å². The minimum absolute atomic E-state index is 0.0888. The number of carbonyl (C=O) groups is 1. The van der Waals surface area contributed by atoms with Gasteiger partial charge in [0.25, 0.3) is 0 Å². The summed E-state index contributed by atoms with van der Waals surface area (Å²) in [5.41, 5.74) is 3.71. The summed E-state index contributed by atoms with van der Waals surface area (Å²) in [5, 5.41) is 12.7. The van der Waals surface area contributed by atoms with Gasteiger partial charge in [-0.3, -0.25) is 4.79 Å². The van der Waals surface area contributed by atoms with E-state index in [1.54, 1.807) is 19.2 Å². The minimum atomic E-state index is -0.0888. The van der Waals surface area contributed by atoms with Gasteiger partial charge in [0, 0.05) is 24.1 Å². The second kappa shape index (κ2) is 8.90. The second-order valence-electron chi connectivity index (χ2n) is 6.37. The largest absolute Gasteiger partial charge is 0.508 e. The summed E-state index contributed by atoms with van der Waals surface area (Å²) in [6.07, 6.45) is 1.52. The molecule has 0 fully saturated rings. The van der Waals surface area contributed by atoms with E-state index in [0.717, 1.165) is 29.0 Å². The smallest absolute Gasteiger partial charge is 0.224 e. The molecule has 0 bridgehead atoms. The molecule has 0 saturated heterocycles. The average molecular weight is 361 g/mol. The molecule has 4 nitrogen and oxygen atoms in total. The molecule has 0 spiro atoms. The number of amides is 1. The first kappa shape index (κ1) is 18.5. The molecule has 27 heavy (non-hydrogen) atoms. The zero-order valence-electron chi connectivity index (χ0n) is 15.3. The van der Waals surface area contributed by atoms with Crippen LogP contribution in [0.15, 0.2) is 72.8 Å². The second-order valence-corrected chi connectivity index (χ2v) is 6.37. The van der Waals surface area contributed by atoms with E-state index in [1.165, 1.54) is 5.56 Å². The van der Waals surface area contributed by atoms with Crippen LogP contribution in [0.25, 0.3) is 0 Å². The molecule has 1 amide bonds. The van der Waals surface area contributed by atoms with Crippen LogP contribution in [0, 0.1) is 0 Å². The fraction of sp³-hybridized carbons (Fsp3) is 0.174. The number of benzene rings is 3. The van der Waals surface area contributed by atoms with Crippen LogP contribution in [-0.2, 0) is 17.6 Å². The van der Waals surface area contributed by atoms with Gasteiger partial charge in [-0.25, -0.2) is 0 Å². The normalized spacial score (nSPS) is 10.4. The first-order valence-electron chi connectivity index (χ1n) is 8.93. The first-order valence-corrected chi connectivity index (χ1v) is 8.93. The standard InChI is InChI=1S/C23H23NO3/c1-27-22-13-12-20(16-19(22)15-17-7-3-2-4-8-17)24-23(26)14-11-18-9-5-6-10-21(18)25/h2-10,12-13,16,25H,11,14-15H2,1H3,(H,24,26). The Labute approximate surface area is 159 Å². The number of hydrogen-bond donors (Lipinski definition) is 2. The van der Waals surface area contributed by atoms with Crippen molar-refractivity contribution >= 4 is 11.6 Å². The lowest BCUT2D eigenvalue weighted by Crippen LogP contribution is -2.12. The molecule has 3 aromatic rings. The molecule has 2 N–H and O–H groups in total. The number of aromatic hydroxyl groups is 1. The van der Waals surface area contributed by atoms with Crippen LogP contribution >= 0.6 is 0 Å². The van der Waals surface area contributed by atoms with Crippen molar-refractivity contribution in [3.8, 4) is 11.5 Å². The average Bonchev–Trinajstić information content (AvgIpc) is 2.68. The van der Waals surface area contributed by atoms with Crippen LogP contribution in [0.4, 0.5) is 5.69 Å². The van der Waals surface area contributed by atoms with Crippen molar-refractivity contribution in [1.29, 1.82) is 0 Å². The lowest BCUT2D eigenvalue weighted by atomic mass is 10.0. The van der Waals surface area contributed by atoms with Gasteiger partial charge in [0.2, 0.25) is 5.91 Å². The molecule has 3 rings (SSSR count). The summed E-state index contributed by atoms with van der Waals surface area (Å²) in [5.74, 6) is 0.931. The fourth-order valence-corrected chi connectivity index (χ4v) is 3.00. The topological polar surface area (TPSA) is 58.6 Å². The van der Waals surface area contributed by atoms with E-state index in [2.05, 4.69) is 17.4 Å². The van der Waals surface area contributed by atoms with Crippen molar-refractivity contribution in [2.24, 2.45) is 0 Å². The highest BCUT2D eigenvalue weighted by atomic mass is 16.5. The van der Waals surface area contributed by atoms with Gasteiger partial charge in [-0.1, -0.05) is 48.5 Å². The highest BCUT2D eigenvalue weighted by Crippen LogP contribution is 2.25. The third kappa shape index (κ3) is 5.11. The van der Waals surface area contributed by atoms with Crippen LogP contribution in [0.5, 0.6) is 11.5 Å². The highest BCUT2D eigenvalue weighted by Gasteiger charge is 2.09. The molecule has 4 heteroatoms. The zero-order chi connectivity index (χ0) is 19.1. The van der Waals surface area contributed by atoms with Gasteiger partial charge in [-0.05, 0) is 41.8 Å². The van der Waals surface area contributed by atoms with E-state index in [0.29, 0.717) is 12.8 Å². The lowest BCUT2D eigenvalue weighted by Gasteiger charge is -2.12. The molecule has 0 radical (unpaired) electrons. The van der Waals surface area contributed by atoms with Gasteiger partial charge in [0.15, 0.2) is 0 Å². The number of anilines is 1. The maximum Gasteiger partial charge on any atom is 0.224 e. The van der Waals surface area contributed by atoms with Crippen molar-refractivity contribution < 1.29 is 14.6 Å². The Hall–Kier alpha value is -3.27. The zero-order valence-corrected chi connectivity index (χ0v) is 15.3. The molecular weight excluding hydrogens is 338 g/mol. The molecule has 0 unspecified atom stereocenters. The van der Waals surface area contributed by atoms with Gasteiger partial charge in [-0.15, -0.1) is 0 Å². The number of hydrogen-bond acceptors (Lipinski definition) is 3. The van der Waals surface area contributed by atoms with Gasteiger partial charge in [0.05, 0.1) is 7.11 Å². The maximum absolute atomic E-state index is 12.3. The Morgan fingerprint density at radius 3 is 2.44 bits per heavy atom. The van der Waals surface area contributed by atoms with Crippen molar-refractivity contribution in [3.05, 3.63) is 89.5 Å². The third-order valence-corrected chi connectivity index (χ3v) is 4.41. The Morgan fingerprint density at radius 1 is 0.963 bits per heavy atom. The predicted octanol–water partition coefficient (Wildman–Crippen LogP) is 4.56. The van der Waals surface area contributed by atoms with Gasteiger partial charge < -0.3 is 15.2 Å². The summed E-state index contributed by atoms with van der Waals surface area (Å²) in [7, 11) is 1.65.